The van der Waals surface area contributed by atoms with E-state index in [1.807, 2.05) is 0 Å². The molecular weight excluding hydrogens is 249 g/mol. The van der Waals surface area contributed by atoms with Crippen LogP contribution in [-0.2, 0) is 0 Å². The monoisotopic (exact) mass is 255 g/mol. The van der Waals surface area contributed by atoms with Gasteiger partial charge >= 0.3 is 5.97 Å². The molecule has 4 nitrogen and oxygen atoms in total. The molecule has 0 radical (unpaired) electrons. The van der Waals surface area contributed by atoms with Gasteiger partial charge < -0.3 is 9.63 Å². The number of nitrogens with zero attached hydrogens (tertiary/aromatic N) is 1. The average Bonchev–Trinajstić information content (AvgIpc) is 2.64. The number of aromatic carboxylic acids is 1. The van der Waals surface area contributed by atoms with E-state index >= 15 is 0 Å². The van der Waals surface area contributed by atoms with Gasteiger partial charge in [-0.2, -0.15) is 0 Å². The zero-order valence-electron chi connectivity index (χ0n) is 8.70. The Hall–Kier alpha value is -1.88. The molecule has 0 aliphatic heterocycles. The molecule has 1 heterocycles. The molecule has 1 aromatic heterocycles. The highest BCUT2D eigenvalue weighted by molar-refractivity contribution is 6.30. The van der Waals surface area contributed by atoms with E-state index in [2.05, 4.69) is 5.16 Å². The van der Waals surface area contributed by atoms with Gasteiger partial charge in [0, 0.05) is 5.56 Å². The molecule has 1 N–H and O–H groups in total. The molecule has 0 aliphatic rings. The maximum atomic E-state index is 13.3. The zero-order chi connectivity index (χ0) is 12.6. The van der Waals surface area contributed by atoms with E-state index < -0.39 is 11.8 Å². The van der Waals surface area contributed by atoms with Crippen molar-refractivity contribution in [3.05, 3.63) is 40.4 Å². The molecule has 0 bridgehead atoms. The van der Waals surface area contributed by atoms with Gasteiger partial charge in [0.25, 0.3) is 0 Å². The summed E-state index contributed by atoms with van der Waals surface area (Å²) in [5.74, 6) is -1.64. The van der Waals surface area contributed by atoms with Gasteiger partial charge in [-0.15, -0.1) is 0 Å². The number of carboxylic acids is 1. The van der Waals surface area contributed by atoms with Crippen LogP contribution >= 0.6 is 11.6 Å². The number of hydrogen-bond donors (Lipinski definition) is 1. The zero-order valence-corrected chi connectivity index (χ0v) is 9.45. The van der Waals surface area contributed by atoms with Crippen LogP contribution < -0.4 is 0 Å². The first-order valence-electron chi connectivity index (χ1n) is 4.65. The smallest absolute Gasteiger partial charge is 0.341 e. The summed E-state index contributed by atoms with van der Waals surface area (Å²) < 4.78 is 18.1. The molecule has 88 valence electrons. The summed E-state index contributed by atoms with van der Waals surface area (Å²) >= 11 is 5.54. The molecule has 0 amide bonds. The predicted molar refractivity (Wildman–Crippen MR) is 58.6 cm³/mol. The lowest BCUT2D eigenvalue weighted by molar-refractivity contribution is 0.0696. The van der Waals surface area contributed by atoms with Crippen molar-refractivity contribution in [2.24, 2.45) is 0 Å². The fourth-order valence-corrected chi connectivity index (χ4v) is 1.58. The van der Waals surface area contributed by atoms with Gasteiger partial charge in [0.05, 0.1) is 5.02 Å². The van der Waals surface area contributed by atoms with Crippen molar-refractivity contribution in [2.75, 3.05) is 0 Å². The van der Waals surface area contributed by atoms with Crippen molar-refractivity contribution in [2.45, 2.75) is 6.92 Å². The lowest BCUT2D eigenvalue weighted by Gasteiger charge is -1.99. The molecule has 0 aliphatic carbocycles. The number of carbonyl (C=O) groups is 1. The standard InChI is InChI=1S/C11H7ClFNO3/c1-5-9(11(15)16)10(14-17-5)6-2-3-7(12)8(13)4-6/h2-4H,1H3,(H,15,16). The van der Waals surface area contributed by atoms with Gasteiger partial charge in [-0.3, -0.25) is 0 Å². The van der Waals surface area contributed by atoms with Crippen LogP contribution in [0.2, 0.25) is 5.02 Å². The van der Waals surface area contributed by atoms with Gasteiger partial charge in [0.1, 0.15) is 22.8 Å². The number of benzene rings is 1. The van der Waals surface area contributed by atoms with Crippen molar-refractivity contribution >= 4 is 17.6 Å². The van der Waals surface area contributed by atoms with E-state index in [1.165, 1.54) is 19.1 Å². The first-order valence-corrected chi connectivity index (χ1v) is 5.03. The SMILES string of the molecule is Cc1onc(-c2ccc(Cl)c(F)c2)c1C(=O)O. The Labute approximate surface area is 101 Å². The topological polar surface area (TPSA) is 63.3 Å². The number of rotatable bonds is 2. The summed E-state index contributed by atoms with van der Waals surface area (Å²) in [4.78, 5) is 11.0. The van der Waals surface area contributed by atoms with Gasteiger partial charge in [-0.05, 0) is 19.1 Å². The van der Waals surface area contributed by atoms with E-state index in [4.69, 9.17) is 21.2 Å². The lowest BCUT2D eigenvalue weighted by atomic mass is 10.1. The maximum absolute atomic E-state index is 13.3. The third kappa shape index (κ3) is 2.01. The van der Waals surface area contributed by atoms with E-state index in [0.29, 0.717) is 5.56 Å². The molecule has 2 rings (SSSR count). The minimum Gasteiger partial charge on any atom is -0.477 e. The Morgan fingerprint density at radius 1 is 1.53 bits per heavy atom. The second-order valence-electron chi connectivity index (χ2n) is 3.40. The number of aryl methyl sites for hydroxylation is 1. The van der Waals surface area contributed by atoms with Crippen LogP contribution in [0.25, 0.3) is 11.3 Å². The van der Waals surface area contributed by atoms with Crippen molar-refractivity contribution in [1.29, 1.82) is 0 Å². The van der Waals surface area contributed by atoms with E-state index in [0.717, 1.165) is 6.07 Å². The molecule has 0 atom stereocenters. The third-order valence-electron chi connectivity index (χ3n) is 2.27. The van der Waals surface area contributed by atoms with E-state index in [-0.39, 0.29) is 22.0 Å². The Morgan fingerprint density at radius 3 is 2.82 bits per heavy atom. The molecule has 2 aromatic rings. The normalized spacial score (nSPS) is 10.5. The first kappa shape index (κ1) is 11.6. The van der Waals surface area contributed by atoms with Crippen molar-refractivity contribution in [1.82, 2.24) is 5.16 Å². The lowest BCUT2D eigenvalue weighted by Crippen LogP contribution is -1.99. The molecular formula is C11H7ClFNO3. The van der Waals surface area contributed by atoms with E-state index in [1.54, 1.807) is 0 Å². The van der Waals surface area contributed by atoms with Gasteiger partial charge in [0.15, 0.2) is 0 Å². The Kier molecular flexibility index (Phi) is 2.85. The van der Waals surface area contributed by atoms with Crippen molar-refractivity contribution < 1.29 is 18.8 Å². The van der Waals surface area contributed by atoms with Crippen molar-refractivity contribution in [3.8, 4) is 11.3 Å². The van der Waals surface area contributed by atoms with Gasteiger partial charge in [-0.25, -0.2) is 9.18 Å². The first-order chi connectivity index (χ1) is 8.00. The molecule has 0 spiro atoms. The van der Waals surface area contributed by atoms with Crippen LogP contribution in [0.4, 0.5) is 4.39 Å². The molecule has 0 saturated carbocycles. The maximum Gasteiger partial charge on any atom is 0.341 e. The number of carboxylic acid groups (broad SMARTS) is 1. The summed E-state index contributed by atoms with van der Waals surface area (Å²) in [6, 6.07) is 3.93. The molecule has 6 heteroatoms. The Morgan fingerprint density at radius 2 is 2.24 bits per heavy atom. The van der Waals surface area contributed by atoms with Crippen LogP contribution in [0.15, 0.2) is 22.7 Å². The third-order valence-corrected chi connectivity index (χ3v) is 2.58. The number of aromatic nitrogens is 1. The molecule has 17 heavy (non-hydrogen) atoms. The quantitative estimate of drug-likeness (QED) is 0.895. The van der Waals surface area contributed by atoms with Gasteiger partial charge in [0.2, 0.25) is 0 Å². The van der Waals surface area contributed by atoms with Gasteiger partial charge in [-0.1, -0.05) is 22.8 Å². The van der Waals surface area contributed by atoms with Crippen LogP contribution in [0, 0.1) is 12.7 Å². The van der Waals surface area contributed by atoms with Crippen LogP contribution in [-0.4, -0.2) is 16.2 Å². The van der Waals surface area contributed by atoms with Crippen LogP contribution in [0.3, 0.4) is 0 Å². The Balaban J connectivity index is 2.60. The molecule has 0 unspecified atom stereocenters. The summed E-state index contributed by atoms with van der Waals surface area (Å²) in [6.07, 6.45) is 0. The summed E-state index contributed by atoms with van der Waals surface area (Å²) in [6.45, 7) is 1.48. The van der Waals surface area contributed by atoms with E-state index in [9.17, 15) is 9.18 Å². The highest BCUT2D eigenvalue weighted by Crippen LogP contribution is 2.27. The summed E-state index contributed by atoms with van der Waals surface area (Å²) in [5, 5.41) is 12.6. The second kappa shape index (κ2) is 4.18. The minimum absolute atomic E-state index is 0.0363. The van der Waals surface area contributed by atoms with Crippen LogP contribution in [0.1, 0.15) is 16.1 Å². The minimum atomic E-state index is -1.17. The van der Waals surface area contributed by atoms with Crippen molar-refractivity contribution in [3.63, 3.8) is 0 Å². The predicted octanol–water partition coefficient (Wildman–Crippen LogP) is 3.14. The van der Waals surface area contributed by atoms with Crippen LogP contribution in [0.5, 0.6) is 0 Å². The number of hydrogen-bond acceptors (Lipinski definition) is 3. The average molecular weight is 256 g/mol. The fraction of sp³-hybridized carbons (Fsp3) is 0.0909. The number of halogens is 2. The summed E-state index contributed by atoms with van der Waals surface area (Å²) in [7, 11) is 0. The fourth-order valence-electron chi connectivity index (χ4n) is 1.46. The summed E-state index contributed by atoms with van der Waals surface area (Å²) in [5.41, 5.74) is 0.318. The largest absolute Gasteiger partial charge is 0.477 e. The second-order valence-corrected chi connectivity index (χ2v) is 3.80. The molecule has 0 saturated heterocycles. The molecule has 1 aromatic carbocycles. The molecule has 0 fully saturated rings. The highest BCUT2D eigenvalue weighted by atomic mass is 35.5. The highest BCUT2D eigenvalue weighted by Gasteiger charge is 2.21. The Bertz CT molecular complexity index is 594.